The Morgan fingerprint density at radius 1 is 1.39 bits per heavy atom. The van der Waals surface area contributed by atoms with Gasteiger partial charge in [-0.3, -0.25) is 4.79 Å². The average molecular weight is 287 g/mol. The topological polar surface area (TPSA) is 66.4 Å². The molecule has 0 bridgehead atoms. The number of thiol groups is 1. The molecule has 0 rings (SSSR count). The van der Waals surface area contributed by atoms with Gasteiger partial charge in [0, 0.05) is 5.75 Å². The van der Waals surface area contributed by atoms with Crippen LogP contribution in [0.3, 0.4) is 0 Å². The molecular formula is C10H16F3NO3S. The minimum atomic E-state index is -4.72. The van der Waals surface area contributed by atoms with Crippen LogP contribution in [0.1, 0.15) is 26.2 Å². The maximum absolute atomic E-state index is 12.4. The predicted molar refractivity (Wildman–Crippen MR) is 62.5 cm³/mol. The van der Waals surface area contributed by atoms with Gasteiger partial charge in [-0.25, -0.2) is 4.79 Å². The van der Waals surface area contributed by atoms with Gasteiger partial charge in [-0.15, -0.1) is 0 Å². The third-order valence-electron chi connectivity index (χ3n) is 2.36. The number of hydrogen-bond acceptors (Lipinski definition) is 3. The number of halogens is 3. The molecule has 0 fully saturated rings. The molecule has 106 valence electrons. The maximum Gasteiger partial charge on any atom is 0.401 e. The molecule has 2 atom stereocenters. The Bertz CT molecular complexity index is 297. The first kappa shape index (κ1) is 17.1. The third kappa shape index (κ3) is 5.61. The number of amides is 1. The summed E-state index contributed by atoms with van der Waals surface area (Å²) >= 11 is 3.46. The van der Waals surface area contributed by atoms with Crippen molar-refractivity contribution >= 4 is 24.5 Å². The Labute approximate surface area is 108 Å². The number of hydrogen-bond donors (Lipinski definition) is 3. The van der Waals surface area contributed by atoms with E-state index < -0.39 is 35.8 Å². The van der Waals surface area contributed by atoms with Crippen molar-refractivity contribution in [1.82, 2.24) is 5.32 Å². The van der Waals surface area contributed by atoms with Crippen molar-refractivity contribution in [1.29, 1.82) is 0 Å². The highest BCUT2D eigenvalue weighted by molar-refractivity contribution is 7.80. The van der Waals surface area contributed by atoms with Gasteiger partial charge in [0.2, 0.25) is 5.91 Å². The molecule has 0 spiro atoms. The molecule has 0 radical (unpaired) electrons. The molecule has 0 aromatic rings. The largest absolute Gasteiger partial charge is 0.480 e. The lowest BCUT2D eigenvalue weighted by Gasteiger charge is -2.20. The lowest BCUT2D eigenvalue weighted by atomic mass is 10.1. The summed E-state index contributed by atoms with van der Waals surface area (Å²) in [6.45, 7) is 1.81. The third-order valence-corrected chi connectivity index (χ3v) is 2.72. The summed E-state index contributed by atoms with van der Waals surface area (Å²) in [6.07, 6.45) is -3.42. The molecule has 1 unspecified atom stereocenters. The SMILES string of the molecule is CCCC[C@H](NC(=O)C(CS)C(F)(F)F)C(=O)O. The zero-order chi connectivity index (χ0) is 14.3. The van der Waals surface area contributed by atoms with Gasteiger partial charge in [0.15, 0.2) is 0 Å². The highest BCUT2D eigenvalue weighted by atomic mass is 32.1. The Kier molecular flexibility index (Phi) is 7.12. The molecule has 0 aromatic heterocycles. The van der Waals surface area contributed by atoms with Crippen molar-refractivity contribution in [3.63, 3.8) is 0 Å². The second-order valence-electron chi connectivity index (χ2n) is 3.82. The quantitative estimate of drug-likeness (QED) is 0.626. The summed E-state index contributed by atoms with van der Waals surface area (Å²) in [5.74, 6) is -5.68. The van der Waals surface area contributed by atoms with Crippen LogP contribution in [0.2, 0.25) is 0 Å². The van der Waals surface area contributed by atoms with Gasteiger partial charge < -0.3 is 10.4 Å². The summed E-state index contributed by atoms with van der Waals surface area (Å²) in [7, 11) is 0. The molecule has 0 aliphatic rings. The van der Waals surface area contributed by atoms with Crippen molar-refractivity contribution in [2.75, 3.05) is 5.75 Å². The second-order valence-corrected chi connectivity index (χ2v) is 4.18. The van der Waals surface area contributed by atoms with Gasteiger partial charge in [0.1, 0.15) is 12.0 Å². The number of alkyl halides is 3. The fraction of sp³-hybridized carbons (Fsp3) is 0.800. The second kappa shape index (κ2) is 7.50. The van der Waals surface area contributed by atoms with E-state index in [-0.39, 0.29) is 6.42 Å². The molecule has 0 aliphatic heterocycles. The van der Waals surface area contributed by atoms with E-state index in [4.69, 9.17) is 5.11 Å². The van der Waals surface area contributed by atoms with Crippen molar-refractivity contribution in [3.8, 4) is 0 Å². The highest BCUT2D eigenvalue weighted by Gasteiger charge is 2.44. The Balaban J connectivity index is 4.62. The van der Waals surface area contributed by atoms with Crippen LogP contribution >= 0.6 is 12.6 Å². The zero-order valence-electron chi connectivity index (χ0n) is 9.83. The highest BCUT2D eigenvalue weighted by Crippen LogP contribution is 2.27. The van der Waals surface area contributed by atoms with Crippen LogP contribution in [0, 0.1) is 5.92 Å². The minimum Gasteiger partial charge on any atom is -0.480 e. The van der Waals surface area contributed by atoms with Gasteiger partial charge in [-0.1, -0.05) is 19.8 Å². The summed E-state index contributed by atoms with van der Waals surface area (Å²) < 4.78 is 37.3. The first-order valence-electron chi connectivity index (χ1n) is 5.44. The molecule has 2 N–H and O–H groups in total. The van der Waals surface area contributed by atoms with E-state index in [1.807, 2.05) is 12.2 Å². The number of carboxylic acids is 1. The number of aliphatic carboxylic acids is 1. The van der Waals surface area contributed by atoms with E-state index in [0.717, 1.165) is 0 Å². The van der Waals surface area contributed by atoms with Gasteiger partial charge in [-0.2, -0.15) is 25.8 Å². The molecule has 0 aliphatic carbocycles. The molecule has 18 heavy (non-hydrogen) atoms. The molecule has 0 aromatic carbocycles. The van der Waals surface area contributed by atoms with Crippen molar-refractivity contribution < 1.29 is 27.9 Å². The molecule has 0 saturated carbocycles. The molecule has 4 nitrogen and oxygen atoms in total. The van der Waals surface area contributed by atoms with Crippen molar-refractivity contribution in [2.24, 2.45) is 5.92 Å². The van der Waals surface area contributed by atoms with Crippen molar-refractivity contribution in [2.45, 2.75) is 38.4 Å². The number of nitrogens with one attached hydrogen (secondary N) is 1. The van der Waals surface area contributed by atoms with E-state index in [1.54, 1.807) is 0 Å². The lowest BCUT2D eigenvalue weighted by molar-refractivity contribution is -0.179. The number of unbranched alkanes of at least 4 members (excludes halogenated alkanes) is 1. The molecule has 0 saturated heterocycles. The lowest BCUT2D eigenvalue weighted by Crippen LogP contribution is -2.47. The van der Waals surface area contributed by atoms with E-state index in [9.17, 15) is 22.8 Å². The van der Waals surface area contributed by atoms with Gasteiger partial charge >= 0.3 is 12.1 Å². The van der Waals surface area contributed by atoms with Crippen molar-refractivity contribution in [3.05, 3.63) is 0 Å². The van der Waals surface area contributed by atoms with Gasteiger partial charge in [0.05, 0.1) is 0 Å². The number of carbonyl (C=O) groups is 2. The van der Waals surface area contributed by atoms with Crippen LogP contribution < -0.4 is 5.32 Å². The summed E-state index contributed by atoms with van der Waals surface area (Å²) in [5, 5.41) is 10.7. The van der Waals surface area contributed by atoms with Gasteiger partial charge in [0.25, 0.3) is 0 Å². The summed E-state index contributed by atoms with van der Waals surface area (Å²) in [5.41, 5.74) is 0. The van der Waals surface area contributed by atoms with Crippen LogP contribution in [0.5, 0.6) is 0 Å². The number of rotatable bonds is 7. The van der Waals surface area contributed by atoms with E-state index in [2.05, 4.69) is 12.6 Å². The Morgan fingerprint density at radius 3 is 2.28 bits per heavy atom. The first-order chi connectivity index (χ1) is 8.23. The maximum atomic E-state index is 12.4. The number of carboxylic acid groups (broad SMARTS) is 1. The molecular weight excluding hydrogens is 271 g/mol. The predicted octanol–water partition coefficient (Wildman–Crippen LogP) is 1.85. The van der Waals surface area contributed by atoms with Crippen LogP contribution in [-0.2, 0) is 9.59 Å². The monoisotopic (exact) mass is 287 g/mol. The fourth-order valence-corrected chi connectivity index (χ4v) is 1.65. The van der Waals surface area contributed by atoms with Crippen LogP contribution in [0.15, 0.2) is 0 Å². The molecule has 0 heterocycles. The minimum absolute atomic E-state index is 0.106. The fourth-order valence-electron chi connectivity index (χ4n) is 1.27. The van der Waals surface area contributed by atoms with Crippen LogP contribution in [0.4, 0.5) is 13.2 Å². The average Bonchev–Trinajstić information content (AvgIpc) is 2.22. The standard InChI is InChI=1S/C10H16F3NO3S/c1-2-3-4-7(9(16)17)14-8(15)6(5-18)10(11,12)13/h6-7,18H,2-5H2,1H3,(H,14,15)(H,16,17)/t6?,7-/m0/s1. The van der Waals surface area contributed by atoms with E-state index >= 15 is 0 Å². The summed E-state index contributed by atoms with van der Waals surface area (Å²) in [6, 6.07) is -1.29. The normalized spacial score (nSPS) is 14.9. The van der Waals surface area contributed by atoms with Gasteiger partial charge in [-0.05, 0) is 6.42 Å². The number of carbonyl (C=O) groups excluding carboxylic acids is 1. The first-order valence-corrected chi connectivity index (χ1v) is 6.08. The van der Waals surface area contributed by atoms with Crippen LogP contribution in [0.25, 0.3) is 0 Å². The van der Waals surface area contributed by atoms with Crippen LogP contribution in [-0.4, -0.2) is 35.0 Å². The smallest absolute Gasteiger partial charge is 0.401 e. The van der Waals surface area contributed by atoms with E-state index in [1.165, 1.54) is 0 Å². The molecule has 1 amide bonds. The zero-order valence-corrected chi connectivity index (χ0v) is 10.7. The summed E-state index contributed by atoms with van der Waals surface area (Å²) in [4.78, 5) is 22.1. The van der Waals surface area contributed by atoms with E-state index in [0.29, 0.717) is 12.8 Å². The molecule has 8 heteroatoms. The Hall–Kier alpha value is -0.920. The Morgan fingerprint density at radius 2 is 1.94 bits per heavy atom.